The van der Waals surface area contributed by atoms with Gasteiger partial charge in [0.2, 0.25) is 10.0 Å². The fourth-order valence-corrected chi connectivity index (χ4v) is 6.07. The molecular weight excluding hydrogens is 650 g/mol. The van der Waals surface area contributed by atoms with E-state index in [2.05, 4.69) is 11.9 Å². The van der Waals surface area contributed by atoms with Crippen LogP contribution in [0.15, 0.2) is 61.2 Å². The molecule has 0 unspecified atom stereocenters. The number of hydrogen-bond donors (Lipinski definition) is 2. The van der Waals surface area contributed by atoms with Crippen molar-refractivity contribution in [3.8, 4) is 0 Å². The number of amides is 1. The fourth-order valence-electron chi connectivity index (χ4n) is 4.40. The second-order valence-electron chi connectivity index (χ2n) is 9.91. The predicted octanol–water partition coefficient (Wildman–Crippen LogP) is 4.65. The Balaban J connectivity index is 0.000000440. The number of aliphatic carboxylic acids is 2. The van der Waals surface area contributed by atoms with Gasteiger partial charge in [0.05, 0.1) is 12.1 Å². The second kappa shape index (κ2) is 16.4. The monoisotopic (exact) mass is 682 g/mol. The van der Waals surface area contributed by atoms with Crippen LogP contribution in [0, 0.1) is 0 Å². The number of aromatic nitrogens is 2. The quantitative estimate of drug-likeness (QED) is 0.326. The SMILES string of the molecule is CCCC[C@H]1CN(C(=O)c2cccc3ccccc23)CCN1S(=O)(=O)CCn1ccnc1.O=C(O)C(F)(F)F.O=C(O)C(F)(F)F. The highest BCUT2D eigenvalue weighted by atomic mass is 32.2. The van der Waals surface area contributed by atoms with Crippen LogP contribution in [0.4, 0.5) is 26.3 Å². The third kappa shape index (κ3) is 11.3. The molecule has 0 aliphatic carbocycles. The van der Waals surface area contributed by atoms with E-state index in [4.69, 9.17) is 19.8 Å². The fraction of sp³-hybridized carbons (Fsp3) is 0.429. The number of piperazine rings is 1. The number of carboxylic acids is 2. The lowest BCUT2D eigenvalue weighted by Crippen LogP contribution is -2.57. The van der Waals surface area contributed by atoms with Crippen molar-refractivity contribution >= 4 is 38.6 Å². The minimum absolute atomic E-state index is 0.0289. The Morgan fingerprint density at radius 1 is 0.935 bits per heavy atom. The van der Waals surface area contributed by atoms with Crippen LogP contribution in [-0.2, 0) is 26.2 Å². The summed E-state index contributed by atoms with van der Waals surface area (Å²) in [6, 6.07) is 13.4. The molecule has 254 valence electrons. The maximum atomic E-state index is 13.4. The summed E-state index contributed by atoms with van der Waals surface area (Å²) in [7, 11) is -3.44. The molecule has 1 aromatic heterocycles. The van der Waals surface area contributed by atoms with Crippen LogP contribution < -0.4 is 0 Å². The summed E-state index contributed by atoms with van der Waals surface area (Å²) in [5, 5.41) is 16.2. The van der Waals surface area contributed by atoms with E-state index in [1.54, 1.807) is 27.6 Å². The van der Waals surface area contributed by atoms with Crippen LogP contribution in [0.3, 0.4) is 0 Å². The Hall–Kier alpha value is -4.19. The average molecular weight is 683 g/mol. The molecule has 46 heavy (non-hydrogen) atoms. The summed E-state index contributed by atoms with van der Waals surface area (Å²) >= 11 is 0. The average Bonchev–Trinajstić information content (AvgIpc) is 3.52. The molecule has 0 bridgehead atoms. The molecule has 3 aromatic rings. The molecule has 1 atom stereocenters. The van der Waals surface area contributed by atoms with Gasteiger partial charge in [0.25, 0.3) is 5.91 Å². The summed E-state index contributed by atoms with van der Waals surface area (Å²) in [4.78, 5) is 37.0. The number of aryl methyl sites for hydroxylation is 1. The number of carboxylic acid groups (broad SMARTS) is 2. The van der Waals surface area contributed by atoms with Crippen LogP contribution in [0.25, 0.3) is 10.8 Å². The van der Waals surface area contributed by atoms with Crippen molar-refractivity contribution in [2.24, 2.45) is 0 Å². The highest BCUT2D eigenvalue weighted by Gasteiger charge is 2.39. The number of sulfonamides is 1. The summed E-state index contributed by atoms with van der Waals surface area (Å²) < 4.78 is 93.2. The van der Waals surface area contributed by atoms with Gasteiger partial charge in [-0.05, 0) is 23.3 Å². The van der Waals surface area contributed by atoms with Gasteiger partial charge >= 0.3 is 24.3 Å². The standard InChI is InChI=1S/C24H30N4O3S.2C2HF3O2/c1-2-3-9-21-18-27(24(29)23-11-6-8-20-7-4-5-10-22(20)23)14-15-28(21)32(30,31)17-16-26-13-12-25-19-26;2*3-2(4,5)1(6)7/h4-8,10-13,19,21H,2-3,9,14-18H2,1H3;2*(H,6,7)/t21-;;/m0../s1. The molecule has 11 nitrogen and oxygen atoms in total. The number of fused-ring (bicyclic) bond motifs is 1. The molecule has 1 fully saturated rings. The first-order chi connectivity index (χ1) is 21.4. The molecule has 0 saturated carbocycles. The number of carbonyl (C=O) groups is 3. The van der Waals surface area contributed by atoms with Crippen LogP contribution in [0.2, 0.25) is 0 Å². The lowest BCUT2D eigenvalue weighted by Gasteiger charge is -2.41. The summed E-state index contributed by atoms with van der Waals surface area (Å²) in [6.45, 7) is 3.62. The maximum Gasteiger partial charge on any atom is 0.490 e. The van der Waals surface area contributed by atoms with Crippen molar-refractivity contribution in [3.63, 3.8) is 0 Å². The van der Waals surface area contributed by atoms with E-state index in [1.165, 1.54) is 0 Å². The molecule has 2 N–H and O–H groups in total. The summed E-state index contributed by atoms with van der Waals surface area (Å²) in [5.41, 5.74) is 0.675. The number of alkyl halides is 6. The minimum Gasteiger partial charge on any atom is -0.475 e. The maximum absolute atomic E-state index is 13.4. The van der Waals surface area contributed by atoms with Crippen molar-refractivity contribution < 1.29 is 59.4 Å². The number of benzene rings is 2. The second-order valence-corrected chi connectivity index (χ2v) is 11.9. The van der Waals surface area contributed by atoms with Crippen molar-refractivity contribution in [2.45, 2.75) is 51.1 Å². The Morgan fingerprint density at radius 3 is 2.07 bits per heavy atom. The Labute approximate surface area is 260 Å². The van der Waals surface area contributed by atoms with Gasteiger partial charge in [-0.15, -0.1) is 0 Å². The van der Waals surface area contributed by atoms with Gasteiger partial charge in [0, 0.05) is 50.2 Å². The highest BCUT2D eigenvalue weighted by molar-refractivity contribution is 7.89. The lowest BCUT2D eigenvalue weighted by molar-refractivity contribution is -0.193. The van der Waals surface area contributed by atoms with Crippen molar-refractivity contribution in [3.05, 3.63) is 66.7 Å². The molecule has 1 saturated heterocycles. The Kier molecular flexibility index (Phi) is 13.5. The van der Waals surface area contributed by atoms with Gasteiger partial charge < -0.3 is 19.7 Å². The van der Waals surface area contributed by atoms with E-state index in [-0.39, 0.29) is 17.7 Å². The number of hydrogen-bond acceptors (Lipinski definition) is 6. The Bertz CT molecular complexity index is 1540. The van der Waals surface area contributed by atoms with E-state index in [0.29, 0.717) is 31.7 Å². The zero-order chi connectivity index (χ0) is 34.7. The van der Waals surface area contributed by atoms with E-state index < -0.39 is 34.3 Å². The third-order valence-corrected chi connectivity index (χ3v) is 8.53. The molecule has 1 aliphatic rings. The number of imidazole rings is 1. The smallest absolute Gasteiger partial charge is 0.475 e. The van der Waals surface area contributed by atoms with Crippen LogP contribution in [-0.4, -0.2) is 99.0 Å². The lowest BCUT2D eigenvalue weighted by atomic mass is 10.0. The van der Waals surface area contributed by atoms with E-state index in [9.17, 15) is 39.6 Å². The number of unbranched alkanes of at least 4 members (excludes halogenated alkanes) is 1. The largest absolute Gasteiger partial charge is 0.490 e. The third-order valence-electron chi connectivity index (χ3n) is 6.64. The van der Waals surface area contributed by atoms with Gasteiger partial charge in [-0.25, -0.2) is 23.0 Å². The number of nitrogens with zero attached hydrogens (tertiary/aromatic N) is 4. The molecule has 18 heteroatoms. The molecule has 2 aromatic carbocycles. The number of rotatable bonds is 8. The van der Waals surface area contributed by atoms with Gasteiger partial charge in [0.1, 0.15) is 0 Å². The minimum atomic E-state index is -5.08. The van der Waals surface area contributed by atoms with Crippen LogP contribution in [0.1, 0.15) is 36.5 Å². The molecule has 4 rings (SSSR count). The van der Waals surface area contributed by atoms with Crippen LogP contribution >= 0.6 is 0 Å². The van der Waals surface area contributed by atoms with Gasteiger partial charge in [-0.1, -0.05) is 56.2 Å². The summed E-state index contributed by atoms with van der Waals surface area (Å²) in [5.74, 6) is -5.51. The predicted molar refractivity (Wildman–Crippen MR) is 153 cm³/mol. The van der Waals surface area contributed by atoms with Crippen molar-refractivity contribution in [1.82, 2.24) is 18.8 Å². The topological polar surface area (TPSA) is 150 Å². The molecule has 2 heterocycles. The van der Waals surface area contributed by atoms with E-state index in [0.717, 1.165) is 30.0 Å². The van der Waals surface area contributed by atoms with E-state index >= 15 is 0 Å². The van der Waals surface area contributed by atoms with Gasteiger partial charge in [-0.3, -0.25) is 4.79 Å². The highest BCUT2D eigenvalue weighted by Crippen LogP contribution is 2.24. The molecule has 1 aliphatic heterocycles. The van der Waals surface area contributed by atoms with Crippen molar-refractivity contribution in [1.29, 1.82) is 0 Å². The van der Waals surface area contributed by atoms with Gasteiger partial charge in [0.15, 0.2) is 0 Å². The first-order valence-corrected chi connectivity index (χ1v) is 15.3. The first kappa shape index (κ1) is 38.0. The van der Waals surface area contributed by atoms with Crippen molar-refractivity contribution in [2.75, 3.05) is 25.4 Å². The van der Waals surface area contributed by atoms with Crippen LogP contribution in [0.5, 0.6) is 0 Å². The molecule has 0 radical (unpaired) electrons. The van der Waals surface area contributed by atoms with Gasteiger partial charge in [-0.2, -0.15) is 30.6 Å². The number of carbonyl (C=O) groups excluding carboxylic acids is 1. The Morgan fingerprint density at radius 2 is 1.52 bits per heavy atom. The molecule has 1 amide bonds. The number of halogens is 6. The zero-order valence-electron chi connectivity index (χ0n) is 24.4. The summed E-state index contributed by atoms with van der Waals surface area (Å²) in [6.07, 6.45) is -2.46. The molecular formula is C28H32F6N4O7S. The molecule has 0 spiro atoms. The zero-order valence-corrected chi connectivity index (χ0v) is 25.2. The first-order valence-electron chi connectivity index (χ1n) is 13.7. The normalized spacial score (nSPS) is 15.7. The van der Waals surface area contributed by atoms with E-state index in [1.807, 2.05) is 47.4 Å².